The van der Waals surface area contributed by atoms with Gasteiger partial charge in [-0.05, 0) is 80.8 Å². The second-order valence-corrected chi connectivity index (χ2v) is 10.2. The summed E-state index contributed by atoms with van der Waals surface area (Å²) in [5, 5.41) is 0. The van der Waals surface area contributed by atoms with Crippen LogP contribution in [0.4, 0.5) is 4.39 Å². The molecular weight excluding hydrogens is 477 g/mol. The first kappa shape index (κ1) is 27.8. The van der Waals surface area contributed by atoms with Gasteiger partial charge in [0.05, 0.1) is 13.2 Å². The SMILES string of the molecule is CCN(CC)C(=O)c1cccc(C(c2cccc(OC)c2)N2C[C@@H](C)N(Cc3cccc(F)c3)C[C@H]2C)c1. The van der Waals surface area contributed by atoms with Crippen LogP contribution in [0.2, 0.25) is 0 Å². The predicted molar refractivity (Wildman–Crippen MR) is 151 cm³/mol. The maximum atomic E-state index is 13.8. The summed E-state index contributed by atoms with van der Waals surface area (Å²) in [6.07, 6.45) is 0. The topological polar surface area (TPSA) is 36.0 Å². The molecule has 6 heteroatoms. The number of benzene rings is 3. The van der Waals surface area contributed by atoms with Gasteiger partial charge in [0.1, 0.15) is 11.6 Å². The van der Waals surface area contributed by atoms with E-state index in [0.717, 1.165) is 42.1 Å². The van der Waals surface area contributed by atoms with E-state index in [9.17, 15) is 9.18 Å². The van der Waals surface area contributed by atoms with Crippen molar-refractivity contribution in [2.24, 2.45) is 0 Å². The van der Waals surface area contributed by atoms with Crippen molar-refractivity contribution in [2.75, 3.05) is 33.3 Å². The van der Waals surface area contributed by atoms with Gasteiger partial charge in [0.15, 0.2) is 0 Å². The Morgan fingerprint density at radius 3 is 2.32 bits per heavy atom. The van der Waals surface area contributed by atoms with E-state index < -0.39 is 0 Å². The average Bonchev–Trinajstić information content (AvgIpc) is 2.92. The Kier molecular flexibility index (Phi) is 9.18. The van der Waals surface area contributed by atoms with Crippen LogP contribution >= 0.6 is 0 Å². The Labute approximate surface area is 226 Å². The lowest BCUT2D eigenvalue weighted by Crippen LogP contribution is -2.56. The van der Waals surface area contributed by atoms with E-state index in [1.165, 1.54) is 6.07 Å². The number of carbonyl (C=O) groups excluding carboxylic acids is 1. The van der Waals surface area contributed by atoms with E-state index in [0.29, 0.717) is 18.7 Å². The zero-order chi connectivity index (χ0) is 27.2. The summed E-state index contributed by atoms with van der Waals surface area (Å²) in [4.78, 5) is 20.0. The Morgan fingerprint density at radius 2 is 1.63 bits per heavy atom. The number of amides is 1. The molecular formula is C32H40FN3O2. The van der Waals surface area contributed by atoms with Crippen molar-refractivity contribution in [3.8, 4) is 5.75 Å². The third-order valence-corrected chi connectivity index (χ3v) is 7.68. The van der Waals surface area contributed by atoms with E-state index in [1.54, 1.807) is 19.2 Å². The molecule has 1 unspecified atom stereocenters. The van der Waals surface area contributed by atoms with Crippen molar-refractivity contribution in [1.82, 2.24) is 14.7 Å². The number of methoxy groups -OCH3 is 1. The van der Waals surface area contributed by atoms with Crippen molar-refractivity contribution < 1.29 is 13.9 Å². The maximum Gasteiger partial charge on any atom is 0.253 e. The van der Waals surface area contributed by atoms with Gasteiger partial charge in [0.2, 0.25) is 0 Å². The van der Waals surface area contributed by atoms with Gasteiger partial charge in [-0.1, -0.05) is 36.4 Å². The minimum absolute atomic E-state index is 0.0386. The molecule has 1 heterocycles. The highest BCUT2D eigenvalue weighted by molar-refractivity contribution is 5.94. The number of ether oxygens (including phenoxy) is 1. The fourth-order valence-electron chi connectivity index (χ4n) is 5.60. The van der Waals surface area contributed by atoms with Gasteiger partial charge in [-0.15, -0.1) is 0 Å². The summed E-state index contributed by atoms with van der Waals surface area (Å²) in [5.74, 6) is 0.676. The summed E-state index contributed by atoms with van der Waals surface area (Å²) < 4.78 is 19.4. The van der Waals surface area contributed by atoms with Crippen LogP contribution in [0.15, 0.2) is 72.8 Å². The molecule has 1 fully saturated rings. The van der Waals surface area contributed by atoms with E-state index in [1.807, 2.05) is 49.1 Å². The molecule has 0 saturated carbocycles. The van der Waals surface area contributed by atoms with Crippen molar-refractivity contribution in [3.63, 3.8) is 0 Å². The van der Waals surface area contributed by atoms with E-state index in [-0.39, 0.29) is 29.8 Å². The summed E-state index contributed by atoms with van der Waals surface area (Å²) in [5.41, 5.74) is 3.93. The lowest BCUT2D eigenvalue weighted by Gasteiger charge is -2.47. The Morgan fingerprint density at radius 1 is 0.947 bits per heavy atom. The summed E-state index contributed by atoms with van der Waals surface area (Å²) in [6, 6.07) is 23.7. The third kappa shape index (κ3) is 6.25. The molecule has 0 N–H and O–H groups in total. The highest BCUT2D eigenvalue weighted by atomic mass is 19.1. The van der Waals surface area contributed by atoms with Crippen molar-refractivity contribution in [2.45, 2.75) is 52.4 Å². The van der Waals surface area contributed by atoms with Crippen LogP contribution in [0.3, 0.4) is 0 Å². The molecule has 0 aliphatic carbocycles. The maximum absolute atomic E-state index is 13.8. The lowest BCUT2D eigenvalue weighted by molar-refractivity contribution is 0.0194. The van der Waals surface area contributed by atoms with Crippen molar-refractivity contribution in [1.29, 1.82) is 0 Å². The normalized spacial score (nSPS) is 19.2. The molecule has 3 aromatic rings. The monoisotopic (exact) mass is 517 g/mol. The van der Waals surface area contributed by atoms with Gasteiger partial charge in [-0.25, -0.2) is 4.39 Å². The molecule has 0 aromatic heterocycles. The first-order valence-corrected chi connectivity index (χ1v) is 13.6. The minimum Gasteiger partial charge on any atom is -0.497 e. The number of rotatable bonds is 9. The molecule has 0 radical (unpaired) electrons. The average molecular weight is 518 g/mol. The third-order valence-electron chi connectivity index (χ3n) is 7.68. The second kappa shape index (κ2) is 12.5. The molecule has 5 nitrogen and oxygen atoms in total. The van der Waals surface area contributed by atoms with Gasteiger partial charge in [0.25, 0.3) is 5.91 Å². The number of hydrogen-bond donors (Lipinski definition) is 0. The largest absolute Gasteiger partial charge is 0.497 e. The van der Waals surface area contributed by atoms with Gasteiger partial charge in [-0.3, -0.25) is 14.6 Å². The molecule has 1 amide bonds. The summed E-state index contributed by atoms with van der Waals surface area (Å²) >= 11 is 0. The van der Waals surface area contributed by atoms with E-state index in [4.69, 9.17) is 4.74 Å². The molecule has 1 aliphatic heterocycles. The first-order valence-electron chi connectivity index (χ1n) is 13.6. The van der Waals surface area contributed by atoms with Crippen LogP contribution in [0, 0.1) is 5.82 Å². The fraction of sp³-hybridized carbons (Fsp3) is 0.406. The van der Waals surface area contributed by atoms with Crippen LogP contribution in [-0.2, 0) is 6.54 Å². The van der Waals surface area contributed by atoms with Crippen LogP contribution in [0.1, 0.15) is 60.8 Å². The van der Waals surface area contributed by atoms with Gasteiger partial charge < -0.3 is 9.64 Å². The van der Waals surface area contributed by atoms with E-state index >= 15 is 0 Å². The number of hydrogen-bond acceptors (Lipinski definition) is 4. The number of nitrogens with zero attached hydrogens (tertiary/aromatic N) is 3. The molecule has 0 bridgehead atoms. The number of carbonyl (C=O) groups is 1. The summed E-state index contributed by atoms with van der Waals surface area (Å²) in [7, 11) is 1.69. The zero-order valence-corrected chi connectivity index (χ0v) is 23.2. The molecule has 1 saturated heterocycles. The molecule has 3 atom stereocenters. The number of halogens is 1. The van der Waals surface area contributed by atoms with Crippen LogP contribution < -0.4 is 4.74 Å². The predicted octanol–water partition coefficient (Wildman–Crippen LogP) is 6.00. The molecule has 0 spiro atoms. The van der Waals surface area contributed by atoms with Crippen molar-refractivity contribution in [3.05, 3.63) is 101 Å². The second-order valence-electron chi connectivity index (χ2n) is 10.2. The zero-order valence-electron chi connectivity index (χ0n) is 23.2. The molecule has 202 valence electrons. The Bertz CT molecular complexity index is 1230. The fourth-order valence-corrected chi connectivity index (χ4v) is 5.60. The summed E-state index contributed by atoms with van der Waals surface area (Å²) in [6.45, 7) is 12.3. The van der Waals surface area contributed by atoms with Crippen LogP contribution in [-0.4, -0.2) is 66.0 Å². The smallest absolute Gasteiger partial charge is 0.253 e. The number of piperazine rings is 1. The van der Waals surface area contributed by atoms with Crippen LogP contribution in [0.25, 0.3) is 0 Å². The standard InChI is InChI=1S/C32H40FN3O2/c1-6-34(7-2)32(37)28-14-9-12-26(18-28)31(27-13-10-16-30(19-27)38-5)36-21-23(3)35(20-24(36)4)22-25-11-8-15-29(33)17-25/h8-19,23-24,31H,6-7,20-22H2,1-5H3/t23-,24-,31?/m1/s1. The first-order chi connectivity index (χ1) is 18.3. The highest BCUT2D eigenvalue weighted by Gasteiger charge is 2.35. The highest BCUT2D eigenvalue weighted by Crippen LogP contribution is 2.35. The molecule has 4 rings (SSSR count). The Hall–Kier alpha value is -3.22. The lowest BCUT2D eigenvalue weighted by atomic mass is 9.92. The van der Waals surface area contributed by atoms with E-state index in [2.05, 4.69) is 47.9 Å². The molecule has 38 heavy (non-hydrogen) atoms. The Balaban J connectivity index is 1.67. The van der Waals surface area contributed by atoms with Gasteiger partial charge in [0, 0.05) is 50.4 Å². The minimum atomic E-state index is -0.195. The molecule has 1 aliphatic rings. The van der Waals surface area contributed by atoms with Gasteiger partial charge >= 0.3 is 0 Å². The van der Waals surface area contributed by atoms with Crippen molar-refractivity contribution >= 4 is 5.91 Å². The van der Waals surface area contributed by atoms with Gasteiger partial charge in [-0.2, -0.15) is 0 Å². The van der Waals surface area contributed by atoms with Crippen LogP contribution in [0.5, 0.6) is 5.75 Å². The quantitative estimate of drug-likeness (QED) is 0.349. The molecule has 3 aromatic carbocycles.